The molecule has 2 atom stereocenters. The Hall–Kier alpha value is -0.850. The molecule has 2 unspecified atom stereocenters. The van der Waals surface area contributed by atoms with Crippen LogP contribution >= 0.6 is 24.8 Å². The standard InChI is InChI=1S/C19H30N4O.2ClH/c1-16-7-8-20-13-18(16)21-19(24)15-23-11-9-22(10-12-23)14-17-5-3-2-4-6-17;;/h2-6,16,18,20H,7-15H2,1H3,(H,21,24);2*1H. The molecule has 2 aliphatic heterocycles. The molecule has 0 bridgehead atoms. The molecule has 2 aliphatic rings. The van der Waals surface area contributed by atoms with Gasteiger partial charge in [0, 0.05) is 45.3 Å². The van der Waals surface area contributed by atoms with Gasteiger partial charge in [-0.15, -0.1) is 24.8 Å². The Kier molecular flexibility index (Phi) is 10.5. The van der Waals surface area contributed by atoms with E-state index in [0.29, 0.717) is 12.5 Å². The molecule has 0 aromatic heterocycles. The lowest BCUT2D eigenvalue weighted by Crippen LogP contribution is -2.54. The van der Waals surface area contributed by atoms with Crippen molar-refractivity contribution in [2.24, 2.45) is 5.92 Å². The number of piperazine rings is 1. The normalized spacial score (nSPS) is 24.2. The third kappa shape index (κ3) is 7.05. The summed E-state index contributed by atoms with van der Waals surface area (Å²) in [5, 5.41) is 6.58. The molecule has 1 amide bonds. The summed E-state index contributed by atoms with van der Waals surface area (Å²) < 4.78 is 0. The smallest absolute Gasteiger partial charge is 0.234 e. The average Bonchev–Trinajstić information content (AvgIpc) is 2.60. The van der Waals surface area contributed by atoms with Gasteiger partial charge in [0.15, 0.2) is 0 Å². The number of carbonyl (C=O) groups excluding carboxylic acids is 1. The van der Waals surface area contributed by atoms with Crippen molar-refractivity contribution in [3.63, 3.8) is 0 Å². The molecule has 3 rings (SSSR count). The van der Waals surface area contributed by atoms with Crippen LogP contribution in [0.5, 0.6) is 0 Å². The molecule has 1 aromatic carbocycles. The molecule has 7 heteroatoms. The number of nitrogens with zero attached hydrogens (tertiary/aromatic N) is 2. The number of hydrogen-bond acceptors (Lipinski definition) is 4. The first-order valence-electron chi connectivity index (χ1n) is 9.19. The Morgan fingerprint density at radius 1 is 1.12 bits per heavy atom. The zero-order valence-corrected chi connectivity index (χ0v) is 17.2. The fourth-order valence-electron chi connectivity index (χ4n) is 3.59. The van der Waals surface area contributed by atoms with Gasteiger partial charge in [-0.2, -0.15) is 0 Å². The van der Waals surface area contributed by atoms with Gasteiger partial charge in [-0.05, 0) is 24.4 Å². The lowest BCUT2D eigenvalue weighted by Gasteiger charge is -2.35. The topological polar surface area (TPSA) is 47.6 Å². The van der Waals surface area contributed by atoms with E-state index in [4.69, 9.17) is 0 Å². The number of piperidine rings is 1. The van der Waals surface area contributed by atoms with Crippen LogP contribution in [0.1, 0.15) is 18.9 Å². The summed E-state index contributed by atoms with van der Waals surface area (Å²) in [5.74, 6) is 0.741. The first-order chi connectivity index (χ1) is 11.7. The van der Waals surface area contributed by atoms with Crippen molar-refractivity contribution in [1.82, 2.24) is 20.4 Å². The van der Waals surface area contributed by atoms with Crippen LogP contribution in [0, 0.1) is 5.92 Å². The summed E-state index contributed by atoms with van der Waals surface area (Å²) in [6.45, 7) is 9.74. The highest BCUT2D eigenvalue weighted by Gasteiger charge is 2.24. The molecule has 2 N–H and O–H groups in total. The highest BCUT2D eigenvalue weighted by molar-refractivity contribution is 5.85. The Bertz CT molecular complexity index is 524. The summed E-state index contributed by atoms with van der Waals surface area (Å²) in [4.78, 5) is 17.0. The van der Waals surface area contributed by atoms with Gasteiger partial charge in [-0.1, -0.05) is 37.3 Å². The monoisotopic (exact) mass is 402 g/mol. The molecular formula is C19H32Cl2N4O. The van der Waals surface area contributed by atoms with Crippen LogP contribution in [0.15, 0.2) is 30.3 Å². The molecule has 2 fully saturated rings. The first kappa shape index (κ1) is 23.2. The van der Waals surface area contributed by atoms with E-state index < -0.39 is 0 Å². The SMILES string of the molecule is CC1CCNCC1NC(=O)CN1CCN(Cc2ccccc2)CC1.Cl.Cl. The Morgan fingerprint density at radius 3 is 2.42 bits per heavy atom. The molecule has 26 heavy (non-hydrogen) atoms. The van der Waals surface area contributed by atoms with Crippen LogP contribution in [0.4, 0.5) is 0 Å². The van der Waals surface area contributed by atoms with Crippen LogP contribution in [0.3, 0.4) is 0 Å². The van der Waals surface area contributed by atoms with Gasteiger partial charge >= 0.3 is 0 Å². The fourth-order valence-corrected chi connectivity index (χ4v) is 3.59. The molecule has 0 saturated carbocycles. The molecule has 2 heterocycles. The second-order valence-electron chi connectivity index (χ2n) is 7.18. The second-order valence-corrected chi connectivity index (χ2v) is 7.18. The Labute approximate surface area is 169 Å². The zero-order valence-electron chi connectivity index (χ0n) is 15.5. The Morgan fingerprint density at radius 2 is 1.77 bits per heavy atom. The maximum absolute atomic E-state index is 12.3. The zero-order chi connectivity index (χ0) is 16.8. The highest BCUT2D eigenvalue weighted by atomic mass is 35.5. The number of carbonyl (C=O) groups is 1. The highest BCUT2D eigenvalue weighted by Crippen LogP contribution is 2.11. The van der Waals surface area contributed by atoms with E-state index in [1.807, 2.05) is 0 Å². The van der Waals surface area contributed by atoms with Gasteiger partial charge < -0.3 is 10.6 Å². The quantitative estimate of drug-likeness (QED) is 0.787. The van der Waals surface area contributed by atoms with Crippen molar-refractivity contribution in [1.29, 1.82) is 0 Å². The molecular weight excluding hydrogens is 371 g/mol. The van der Waals surface area contributed by atoms with Gasteiger partial charge in [0.1, 0.15) is 0 Å². The van der Waals surface area contributed by atoms with E-state index in [1.54, 1.807) is 0 Å². The molecule has 148 valence electrons. The number of rotatable bonds is 5. The largest absolute Gasteiger partial charge is 0.351 e. The summed E-state index contributed by atoms with van der Waals surface area (Å²) in [6.07, 6.45) is 1.14. The van der Waals surface area contributed by atoms with Crippen LogP contribution in [-0.2, 0) is 11.3 Å². The van der Waals surface area contributed by atoms with Crippen LogP contribution < -0.4 is 10.6 Å². The molecule has 0 spiro atoms. The summed E-state index contributed by atoms with van der Waals surface area (Å²) in [7, 11) is 0. The minimum absolute atomic E-state index is 0. The summed E-state index contributed by atoms with van der Waals surface area (Å²) >= 11 is 0. The number of amides is 1. The summed E-state index contributed by atoms with van der Waals surface area (Å²) in [5.41, 5.74) is 1.36. The van der Waals surface area contributed by atoms with Crippen molar-refractivity contribution >= 4 is 30.7 Å². The van der Waals surface area contributed by atoms with Crippen molar-refractivity contribution < 1.29 is 4.79 Å². The predicted molar refractivity (Wildman–Crippen MR) is 111 cm³/mol. The fraction of sp³-hybridized carbons (Fsp3) is 0.632. The van der Waals surface area contributed by atoms with Crippen LogP contribution in [0.25, 0.3) is 0 Å². The number of nitrogens with one attached hydrogen (secondary N) is 2. The van der Waals surface area contributed by atoms with Gasteiger partial charge in [0.05, 0.1) is 6.54 Å². The predicted octanol–water partition coefficient (Wildman–Crippen LogP) is 1.76. The van der Waals surface area contributed by atoms with Crippen molar-refractivity contribution in [2.75, 3.05) is 45.8 Å². The molecule has 2 saturated heterocycles. The number of halogens is 2. The second kappa shape index (κ2) is 11.8. The van der Waals surface area contributed by atoms with E-state index in [1.165, 1.54) is 5.56 Å². The van der Waals surface area contributed by atoms with Crippen molar-refractivity contribution in [3.05, 3.63) is 35.9 Å². The molecule has 0 aliphatic carbocycles. The Balaban J connectivity index is 0.00000169. The molecule has 1 aromatic rings. The van der Waals surface area contributed by atoms with E-state index in [0.717, 1.165) is 52.2 Å². The van der Waals surface area contributed by atoms with Gasteiger partial charge in [0.25, 0.3) is 0 Å². The molecule has 5 nitrogen and oxygen atoms in total. The van der Waals surface area contributed by atoms with Crippen LogP contribution in [0.2, 0.25) is 0 Å². The first-order valence-corrected chi connectivity index (χ1v) is 9.19. The van der Waals surface area contributed by atoms with Crippen molar-refractivity contribution in [2.45, 2.75) is 25.9 Å². The van der Waals surface area contributed by atoms with Gasteiger partial charge in [-0.25, -0.2) is 0 Å². The van der Waals surface area contributed by atoms with E-state index in [2.05, 4.69) is 57.7 Å². The third-order valence-corrected chi connectivity index (χ3v) is 5.26. The van der Waals surface area contributed by atoms with Gasteiger partial charge in [-0.3, -0.25) is 14.6 Å². The maximum Gasteiger partial charge on any atom is 0.234 e. The van der Waals surface area contributed by atoms with E-state index in [-0.39, 0.29) is 36.8 Å². The molecule has 0 radical (unpaired) electrons. The van der Waals surface area contributed by atoms with E-state index in [9.17, 15) is 4.79 Å². The maximum atomic E-state index is 12.3. The van der Waals surface area contributed by atoms with Gasteiger partial charge in [0.2, 0.25) is 5.91 Å². The minimum Gasteiger partial charge on any atom is -0.351 e. The minimum atomic E-state index is 0. The lowest BCUT2D eigenvalue weighted by molar-refractivity contribution is -0.123. The van der Waals surface area contributed by atoms with E-state index >= 15 is 0 Å². The third-order valence-electron chi connectivity index (χ3n) is 5.26. The number of hydrogen-bond donors (Lipinski definition) is 2. The summed E-state index contributed by atoms with van der Waals surface area (Å²) in [6, 6.07) is 10.9. The van der Waals surface area contributed by atoms with Crippen LogP contribution in [-0.4, -0.2) is 67.6 Å². The van der Waals surface area contributed by atoms with Crippen molar-refractivity contribution in [3.8, 4) is 0 Å². The number of benzene rings is 1. The average molecular weight is 403 g/mol. The lowest BCUT2D eigenvalue weighted by atomic mass is 9.95.